The highest BCUT2D eigenvalue weighted by molar-refractivity contribution is 7.99. The summed E-state index contributed by atoms with van der Waals surface area (Å²) in [6.45, 7) is 0.958. The first kappa shape index (κ1) is 29.4. The van der Waals surface area contributed by atoms with E-state index in [9.17, 15) is 18.4 Å². The van der Waals surface area contributed by atoms with Crippen LogP contribution in [0.5, 0.6) is 0 Å². The number of imidazole rings is 1. The molecular formula is C33H27F2N7O3S. The van der Waals surface area contributed by atoms with Gasteiger partial charge in [0.1, 0.15) is 5.82 Å². The van der Waals surface area contributed by atoms with Crippen molar-refractivity contribution in [3.63, 3.8) is 0 Å². The van der Waals surface area contributed by atoms with E-state index < -0.39 is 11.6 Å². The van der Waals surface area contributed by atoms with Crippen LogP contribution in [0.3, 0.4) is 0 Å². The van der Waals surface area contributed by atoms with Crippen molar-refractivity contribution in [3.8, 4) is 28.7 Å². The van der Waals surface area contributed by atoms with Gasteiger partial charge in [0.05, 0.1) is 23.0 Å². The summed E-state index contributed by atoms with van der Waals surface area (Å²) in [5.74, 6) is -0.492. The third-order valence-electron chi connectivity index (χ3n) is 7.88. The van der Waals surface area contributed by atoms with Crippen molar-refractivity contribution >= 4 is 40.3 Å². The van der Waals surface area contributed by atoms with Crippen molar-refractivity contribution in [2.75, 3.05) is 24.2 Å². The number of carbonyl (C=O) groups excluding carboxylic acids is 2. The van der Waals surface area contributed by atoms with Crippen molar-refractivity contribution in [1.29, 1.82) is 0 Å². The van der Waals surface area contributed by atoms with Gasteiger partial charge in [-0.2, -0.15) is 0 Å². The standard InChI is InChI=1S/C33H27F2N7O3S/c34-24-17-26-27(18-25(24)35)38-30(37-26)20-8-10-22(11-9-20)36-32(44)21-12-14-41(15-13-21)29(43)19-46-33-40-39-31(28-7-4-16-45-28)42(33)23-5-2-1-3-6-23/h1-11,16-18,21H,12-15,19H2,(H,36,44)(H,37,38). The second-order valence-electron chi connectivity index (χ2n) is 10.8. The number of para-hydroxylation sites is 1. The molecule has 1 saturated heterocycles. The number of aromatic amines is 1. The number of piperidine rings is 1. The number of fused-ring (bicyclic) bond motifs is 1. The van der Waals surface area contributed by atoms with Gasteiger partial charge in [-0.3, -0.25) is 14.2 Å². The van der Waals surface area contributed by atoms with E-state index in [1.54, 1.807) is 41.5 Å². The van der Waals surface area contributed by atoms with Crippen LogP contribution in [0.25, 0.3) is 39.7 Å². The van der Waals surface area contributed by atoms with Crippen LogP contribution < -0.4 is 5.32 Å². The lowest BCUT2D eigenvalue weighted by atomic mass is 9.95. The maximum Gasteiger partial charge on any atom is 0.233 e. The van der Waals surface area contributed by atoms with E-state index in [1.165, 1.54) is 11.8 Å². The summed E-state index contributed by atoms with van der Waals surface area (Å²) in [5, 5.41) is 12.2. The lowest BCUT2D eigenvalue weighted by Gasteiger charge is -2.31. The number of anilines is 1. The topological polar surface area (TPSA) is 122 Å². The summed E-state index contributed by atoms with van der Waals surface area (Å²) >= 11 is 1.31. The van der Waals surface area contributed by atoms with Gasteiger partial charge in [-0.05, 0) is 61.4 Å². The molecule has 3 aromatic heterocycles. The summed E-state index contributed by atoms with van der Waals surface area (Å²) in [6.07, 6.45) is 2.68. The quantitative estimate of drug-likeness (QED) is 0.187. The van der Waals surface area contributed by atoms with Crippen LogP contribution in [0.15, 0.2) is 94.7 Å². The first-order valence-electron chi connectivity index (χ1n) is 14.6. The molecule has 4 heterocycles. The molecule has 0 saturated carbocycles. The number of hydrogen-bond donors (Lipinski definition) is 2. The van der Waals surface area contributed by atoms with Crippen molar-refractivity contribution in [3.05, 3.63) is 96.8 Å². The maximum absolute atomic E-state index is 13.6. The number of hydrogen-bond acceptors (Lipinski definition) is 7. The zero-order chi connectivity index (χ0) is 31.6. The van der Waals surface area contributed by atoms with Gasteiger partial charge >= 0.3 is 0 Å². The molecule has 2 N–H and O–H groups in total. The van der Waals surface area contributed by atoms with Crippen LogP contribution in [0.2, 0.25) is 0 Å². The second kappa shape index (κ2) is 12.6. The Morgan fingerprint density at radius 3 is 2.46 bits per heavy atom. The predicted molar refractivity (Wildman–Crippen MR) is 169 cm³/mol. The highest BCUT2D eigenvalue weighted by Crippen LogP contribution is 2.29. The van der Waals surface area contributed by atoms with Gasteiger partial charge in [0.2, 0.25) is 17.6 Å². The van der Waals surface area contributed by atoms with E-state index in [2.05, 4.69) is 25.5 Å². The summed E-state index contributed by atoms with van der Waals surface area (Å²) < 4.78 is 34.6. The van der Waals surface area contributed by atoms with Gasteiger partial charge in [0.25, 0.3) is 0 Å². The summed E-state index contributed by atoms with van der Waals surface area (Å²) in [5.41, 5.74) is 2.90. The second-order valence-corrected chi connectivity index (χ2v) is 11.8. The van der Waals surface area contributed by atoms with E-state index in [-0.39, 0.29) is 23.5 Å². The third-order valence-corrected chi connectivity index (χ3v) is 8.80. The SMILES string of the molecule is O=C(Nc1ccc(-c2nc3cc(F)c(F)cc3[nH]2)cc1)C1CCN(C(=O)CSc2nnc(-c3ccco3)n2-c2ccccc2)CC1. The highest BCUT2D eigenvalue weighted by Gasteiger charge is 2.28. The van der Waals surface area contributed by atoms with Crippen molar-refractivity contribution < 1.29 is 22.8 Å². The molecule has 232 valence electrons. The van der Waals surface area contributed by atoms with Crippen LogP contribution in [0.4, 0.5) is 14.5 Å². The Morgan fingerprint density at radius 1 is 0.957 bits per heavy atom. The molecular weight excluding hydrogens is 612 g/mol. The number of thioether (sulfide) groups is 1. The van der Waals surface area contributed by atoms with Crippen LogP contribution in [-0.2, 0) is 9.59 Å². The number of likely N-dealkylation sites (tertiary alicyclic amines) is 1. The molecule has 13 heteroatoms. The number of halogens is 2. The molecule has 10 nitrogen and oxygen atoms in total. The molecule has 2 amide bonds. The molecule has 0 unspecified atom stereocenters. The van der Waals surface area contributed by atoms with Gasteiger partial charge in [-0.15, -0.1) is 10.2 Å². The zero-order valence-corrected chi connectivity index (χ0v) is 25.1. The van der Waals surface area contributed by atoms with Crippen molar-refractivity contribution in [2.45, 2.75) is 18.0 Å². The summed E-state index contributed by atoms with van der Waals surface area (Å²) in [6, 6.07) is 22.4. The number of amides is 2. The van der Waals surface area contributed by atoms with Gasteiger partial charge in [0, 0.05) is 48.1 Å². The molecule has 1 aliphatic rings. The highest BCUT2D eigenvalue weighted by atomic mass is 32.2. The number of nitrogens with one attached hydrogen (secondary N) is 2. The Morgan fingerprint density at radius 2 is 1.72 bits per heavy atom. The van der Waals surface area contributed by atoms with Gasteiger partial charge in [-0.1, -0.05) is 30.0 Å². The van der Waals surface area contributed by atoms with E-state index in [4.69, 9.17) is 4.42 Å². The number of aromatic nitrogens is 5. The number of benzene rings is 3. The molecule has 6 aromatic rings. The number of H-pyrrole nitrogens is 1. The van der Waals surface area contributed by atoms with E-state index >= 15 is 0 Å². The minimum Gasteiger partial charge on any atom is -0.461 e. The first-order valence-corrected chi connectivity index (χ1v) is 15.6. The molecule has 7 rings (SSSR count). The average molecular weight is 640 g/mol. The van der Waals surface area contributed by atoms with E-state index in [1.807, 2.05) is 41.0 Å². The molecule has 0 radical (unpaired) electrons. The summed E-state index contributed by atoms with van der Waals surface area (Å²) in [7, 11) is 0. The monoisotopic (exact) mass is 639 g/mol. The Bertz CT molecular complexity index is 1960. The molecule has 1 aliphatic heterocycles. The van der Waals surface area contributed by atoms with E-state index in [0.717, 1.165) is 17.8 Å². The number of carbonyl (C=O) groups is 2. The van der Waals surface area contributed by atoms with Crippen LogP contribution >= 0.6 is 11.8 Å². The molecule has 3 aromatic carbocycles. The lowest BCUT2D eigenvalue weighted by molar-refractivity contribution is -0.132. The average Bonchev–Trinajstić information content (AvgIpc) is 3.85. The van der Waals surface area contributed by atoms with Crippen molar-refractivity contribution in [2.24, 2.45) is 5.92 Å². The minimum atomic E-state index is -0.956. The van der Waals surface area contributed by atoms with Gasteiger partial charge < -0.3 is 19.6 Å². The Balaban J connectivity index is 0.932. The summed E-state index contributed by atoms with van der Waals surface area (Å²) in [4.78, 5) is 35.3. The van der Waals surface area contributed by atoms with Crippen LogP contribution in [0, 0.1) is 17.6 Å². The Kier molecular flexibility index (Phi) is 8.06. The van der Waals surface area contributed by atoms with Gasteiger partial charge in [-0.25, -0.2) is 13.8 Å². The number of rotatable bonds is 8. The minimum absolute atomic E-state index is 0.0299. The fourth-order valence-electron chi connectivity index (χ4n) is 5.44. The fourth-order valence-corrected chi connectivity index (χ4v) is 6.30. The Hall–Kier alpha value is -5.30. The molecule has 0 spiro atoms. The number of nitrogens with zero attached hydrogens (tertiary/aromatic N) is 5. The van der Waals surface area contributed by atoms with Crippen LogP contribution in [0.1, 0.15) is 12.8 Å². The predicted octanol–water partition coefficient (Wildman–Crippen LogP) is 6.32. The molecule has 1 fully saturated rings. The maximum atomic E-state index is 13.6. The molecule has 0 atom stereocenters. The molecule has 0 bridgehead atoms. The fraction of sp³-hybridized carbons (Fsp3) is 0.182. The number of furan rings is 1. The van der Waals surface area contributed by atoms with Crippen LogP contribution in [-0.4, -0.2) is 60.3 Å². The smallest absolute Gasteiger partial charge is 0.233 e. The molecule has 46 heavy (non-hydrogen) atoms. The largest absolute Gasteiger partial charge is 0.461 e. The Labute approximate surface area is 265 Å². The third kappa shape index (κ3) is 6.01. The molecule has 0 aliphatic carbocycles. The van der Waals surface area contributed by atoms with Crippen molar-refractivity contribution in [1.82, 2.24) is 29.6 Å². The van der Waals surface area contributed by atoms with Gasteiger partial charge in [0.15, 0.2) is 22.6 Å². The first-order chi connectivity index (χ1) is 22.4. The zero-order valence-electron chi connectivity index (χ0n) is 24.3. The lowest BCUT2D eigenvalue weighted by Crippen LogP contribution is -2.42. The van der Waals surface area contributed by atoms with E-state index in [0.29, 0.717) is 70.8 Å². The normalized spacial score (nSPS) is 13.7.